The number of aliphatic carboxylic acids is 1. The van der Waals surface area contributed by atoms with Gasteiger partial charge in [-0.1, -0.05) is 0 Å². The number of amides is 1. The molecule has 0 bridgehead atoms. The fraction of sp³-hybridized carbons (Fsp3) is 0.333. The normalized spacial score (nSPS) is 13.7. The molecule has 1 fully saturated rings. The molecule has 0 aromatic carbocycles. The summed E-state index contributed by atoms with van der Waals surface area (Å²) in [5.74, 6) is -2.46. The number of carbonyl (C=O) groups excluding carboxylic acids is 1. The highest BCUT2D eigenvalue weighted by molar-refractivity contribution is 6.02. The van der Waals surface area contributed by atoms with E-state index in [0.29, 0.717) is 12.5 Å². The van der Waals surface area contributed by atoms with Crippen molar-refractivity contribution in [3.05, 3.63) is 34.2 Å². The molecular weight excluding hydrogens is 318 g/mol. The van der Waals surface area contributed by atoms with Crippen LogP contribution in [-0.2, 0) is 4.79 Å². The van der Waals surface area contributed by atoms with Crippen molar-refractivity contribution < 1.29 is 24.6 Å². The maximum atomic E-state index is 12.6. The van der Waals surface area contributed by atoms with Gasteiger partial charge in [-0.2, -0.15) is 0 Å². The molecule has 1 amide bonds. The number of fused-ring (bicyclic) bond motifs is 1. The molecule has 2 heterocycles. The maximum absolute atomic E-state index is 12.6. The molecule has 24 heavy (non-hydrogen) atoms. The van der Waals surface area contributed by atoms with Crippen LogP contribution in [0.1, 0.15) is 23.2 Å². The Labute approximate surface area is 135 Å². The molecule has 9 heteroatoms. The Balaban J connectivity index is 2.08. The first-order valence-electron chi connectivity index (χ1n) is 7.35. The van der Waals surface area contributed by atoms with Gasteiger partial charge in [0.2, 0.25) is 0 Å². The number of rotatable bonds is 6. The van der Waals surface area contributed by atoms with Crippen molar-refractivity contribution >= 4 is 22.9 Å². The molecule has 1 aliphatic rings. The largest absolute Gasteiger partial charge is 0.506 e. The van der Waals surface area contributed by atoms with Gasteiger partial charge in [0.25, 0.3) is 5.91 Å². The second-order valence-electron chi connectivity index (χ2n) is 5.51. The number of carboxylic acid groups (broad SMARTS) is 1. The Morgan fingerprint density at radius 3 is 2.83 bits per heavy atom. The third-order valence-corrected chi connectivity index (χ3v) is 3.63. The Kier molecular flexibility index (Phi) is 4.07. The lowest BCUT2D eigenvalue weighted by atomic mass is 10.1. The first kappa shape index (κ1) is 15.8. The zero-order valence-electron chi connectivity index (χ0n) is 12.6. The predicted octanol–water partition coefficient (Wildman–Crippen LogP) is -0.245. The standard InChI is InChI=1S/C15H15N3O6/c19-10(20)6-17-14(22)11-12(21)9-2-1-5-16-13(9)18(15(11)23)24-7-8-3-4-8/h1-2,5,8,21H,3-4,6-7H2,(H,17,22)(H,19,20). The van der Waals surface area contributed by atoms with Crippen LogP contribution >= 0.6 is 0 Å². The summed E-state index contributed by atoms with van der Waals surface area (Å²) in [5, 5.41) is 21.1. The summed E-state index contributed by atoms with van der Waals surface area (Å²) in [6.45, 7) is -0.377. The van der Waals surface area contributed by atoms with E-state index in [0.717, 1.165) is 17.6 Å². The monoisotopic (exact) mass is 333 g/mol. The van der Waals surface area contributed by atoms with E-state index in [4.69, 9.17) is 9.94 Å². The molecule has 0 unspecified atom stereocenters. The fourth-order valence-electron chi connectivity index (χ4n) is 2.21. The Morgan fingerprint density at radius 1 is 1.42 bits per heavy atom. The van der Waals surface area contributed by atoms with E-state index in [1.165, 1.54) is 18.3 Å². The van der Waals surface area contributed by atoms with Crippen LogP contribution in [0.25, 0.3) is 11.0 Å². The van der Waals surface area contributed by atoms with E-state index < -0.39 is 35.3 Å². The topological polar surface area (TPSA) is 131 Å². The van der Waals surface area contributed by atoms with E-state index in [1.54, 1.807) is 0 Å². The number of nitrogens with zero attached hydrogens (tertiary/aromatic N) is 2. The number of carboxylic acids is 1. The van der Waals surface area contributed by atoms with Gasteiger partial charge in [0.05, 0.1) is 5.39 Å². The molecule has 1 aliphatic carbocycles. The zero-order chi connectivity index (χ0) is 17.3. The summed E-state index contributed by atoms with van der Waals surface area (Å²) in [7, 11) is 0. The SMILES string of the molecule is O=C(O)CNC(=O)c1c(O)c2cccnc2n(OCC2CC2)c1=O. The van der Waals surface area contributed by atoms with Gasteiger partial charge in [-0.3, -0.25) is 14.4 Å². The number of nitrogens with one attached hydrogen (secondary N) is 1. The smallest absolute Gasteiger partial charge is 0.322 e. The highest BCUT2D eigenvalue weighted by Gasteiger charge is 2.26. The number of aromatic hydroxyl groups is 1. The zero-order valence-corrected chi connectivity index (χ0v) is 12.6. The number of carbonyl (C=O) groups is 2. The van der Waals surface area contributed by atoms with E-state index in [1.807, 2.05) is 0 Å². The summed E-state index contributed by atoms with van der Waals surface area (Å²) in [4.78, 5) is 44.7. The Hall–Kier alpha value is -3.10. The molecule has 0 spiro atoms. The highest BCUT2D eigenvalue weighted by Crippen LogP contribution is 2.29. The van der Waals surface area contributed by atoms with Gasteiger partial charge in [0, 0.05) is 6.20 Å². The van der Waals surface area contributed by atoms with Crippen LogP contribution < -0.4 is 15.7 Å². The molecule has 0 aliphatic heterocycles. The second kappa shape index (κ2) is 6.19. The fourth-order valence-corrected chi connectivity index (χ4v) is 2.21. The van der Waals surface area contributed by atoms with Crippen molar-refractivity contribution in [2.45, 2.75) is 12.8 Å². The van der Waals surface area contributed by atoms with E-state index in [-0.39, 0.29) is 11.0 Å². The van der Waals surface area contributed by atoms with Gasteiger partial charge in [-0.05, 0) is 30.9 Å². The van der Waals surface area contributed by atoms with Crippen molar-refractivity contribution in [2.75, 3.05) is 13.2 Å². The quantitative estimate of drug-likeness (QED) is 0.664. The third-order valence-electron chi connectivity index (χ3n) is 3.63. The summed E-state index contributed by atoms with van der Waals surface area (Å²) in [6, 6.07) is 3.03. The molecule has 3 N–H and O–H groups in total. The molecule has 2 aromatic heterocycles. The van der Waals surface area contributed by atoms with Crippen molar-refractivity contribution in [3.8, 4) is 5.75 Å². The number of pyridine rings is 2. The molecule has 0 saturated heterocycles. The van der Waals surface area contributed by atoms with Crippen LogP contribution in [-0.4, -0.2) is 45.0 Å². The van der Waals surface area contributed by atoms with Crippen LogP contribution in [0.5, 0.6) is 5.75 Å². The third kappa shape index (κ3) is 3.00. The minimum atomic E-state index is -1.27. The van der Waals surface area contributed by atoms with E-state index >= 15 is 0 Å². The average Bonchev–Trinajstić information content (AvgIpc) is 3.37. The van der Waals surface area contributed by atoms with Gasteiger partial charge < -0.3 is 20.4 Å². The number of hydrogen-bond acceptors (Lipinski definition) is 6. The van der Waals surface area contributed by atoms with Crippen LogP contribution in [0.3, 0.4) is 0 Å². The summed E-state index contributed by atoms with van der Waals surface area (Å²) in [5.41, 5.74) is -1.37. The lowest BCUT2D eigenvalue weighted by molar-refractivity contribution is -0.135. The predicted molar refractivity (Wildman–Crippen MR) is 81.8 cm³/mol. The Morgan fingerprint density at radius 2 is 2.17 bits per heavy atom. The molecule has 0 radical (unpaired) electrons. The average molecular weight is 333 g/mol. The molecule has 2 aromatic rings. The van der Waals surface area contributed by atoms with Crippen LogP contribution in [0.2, 0.25) is 0 Å². The van der Waals surface area contributed by atoms with Crippen LogP contribution in [0, 0.1) is 5.92 Å². The molecule has 0 atom stereocenters. The van der Waals surface area contributed by atoms with Gasteiger partial charge >= 0.3 is 11.5 Å². The van der Waals surface area contributed by atoms with Crippen molar-refractivity contribution in [2.24, 2.45) is 5.92 Å². The van der Waals surface area contributed by atoms with Gasteiger partial charge in [-0.15, -0.1) is 4.73 Å². The minimum Gasteiger partial charge on any atom is -0.506 e. The van der Waals surface area contributed by atoms with Crippen LogP contribution in [0.15, 0.2) is 23.1 Å². The first-order valence-corrected chi connectivity index (χ1v) is 7.35. The number of hydrogen-bond donors (Lipinski definition) is 3. The van der Waals surface area contributed by atoms with Crippen molar-refractivity contribution in [1.29, 1.82) is 0 Å². The van der Waals surface area contributed by atoms with Gasteiger partial charge in [0.1, 0.15) is 18.9 Å². The van der Waals surface area contributed by atoms with Crippen molar-refractivity contribution in [1.82, 2.24) is 15.0 Å². The highest BCUT2D eigenvalue weighted by atomic mass is 16.7. The summed E-state index contributed by atoms with van der Waals surface area (Å²) < 4.78 is 0.878. The van der Waals surface area contributed by atoms with Crippen molar-refractivity contribution in [3.63, 3.8) is 0 Å². The molecule has 126 valence electrons. The molecule has 9 nitrogen and oxygen atoms in total. The lowest BCUT2D eigenvalue weighted by Gasteiger charge is -2.14. The van der Waals surface area contributed by atoms with Crippen LogP contribution in [0.4, 0.5) is 0 Å². The summed E-state index contributed by atoms with van der Waals surface area (Å²) >= 11 is 0. The van der Waals surface area contributed by atoms with E-state index in [2.05, 4.69) is 10.3 Å². The molecule has 1 saturated carbocycles. The van der Waals surface area contributed by atoms with Gasteiger partial charge in [0.15, 0.2) is 11.2 Å². The second-order valence-corrected chi connectivity index (χ2v) is 5.51. The van der Waals surface area contributed by atoms with E-state index in [9.17, 15) is 19.5 Å². The first-order chi connectivity index (χ1) is 11.5. The lowest BCUT2D eigenvalue weighted by Crippen LogP contribution is -2.38. The summed E-state index contributed by atoms with van der Waals surface area (Å²) in [6.07, 6.45) is 3.44. The number of aromatic nitrogens is 2. The Bertz CT molecular complexity index is 871. The molecular formula is C15H15N3O6. The van der Waals surface area contributed by atoms with Gasteiger partial charge in [-0.25, -0.2) is 4.98 Å². The minimum absolute atomic E-state index is 0.0930. The maximum Gasteiger partial charge on any atom is 0.322 e. The molecule has 3 rings (SSSR count).